The average molecular weight is 635 g/mol. The monoisotopic (exact) mass is 635 g/mol. The van der Waals surface area contributed by atoms with Gasteiger partial charge in [-0.25, -0.2) is 0 Å². The largest absolute Gasteiger partial charge is 0.356 e. The first-order valence-corrected chi connectivity index (χ1v) is 18.2. The standard InChI is InChI=1S/C36H70N6O3/c1-6-7-8-9-10-11-12-13-14-15-16-17-18-19-20-23-33(43)40-32(22-21-24-38-34(44)29-36(2,3)4)35(45)39-31-42-27-25-41(26-28-42)30-37-5/h13-14,32,37H,6-12,15-31H2,1-5H3,(H,38,44)(H,39,45)(H,40,43)/b14-13-/t32-/m0/s1. The lowest BCUT2D eigenvalue weighted by Crippen LogP contribution is -2.54. The zero-order valence-corrected chi connectivity index (χ0v) is 29.8. The number of nitrogens with one attached hydrogen (secondary N) is 4. The van der Waals surface area contributed by atoms with Crippen LogP contribution in [0.2, 0.25) is 0 Å². The zero-order chi connectivity index (χ0) is 33.2. The van der Waals surface area contributed by atoms with E-state index < -0.39 is 6.04 Å². The molecule has 0 radical (unpaired) electrons. The fourth-order valence-corrected chi connectivity index (χ4v) is 5.61. The van der Waals surface area contributed by atoms with E-state index in [2.05, 4.69) is 50.1 Å². The zero-order valence-electron chi connectivity index (χ0n) is 29.8. The predicted octanol–water partition coefficient (Wildman–Crippen LogP) is 5.71. The molecule has 45 heavy (non-hydrogen) atoms. The molecule has 9 nitrogen and oxygen atoms in total. The minimum absolute atomic E-state index is 0.0224. The third-order valence-corrected chi connectivity index (χ3v) is 8.32. The third kappa shape index (κ3) is 23.9. The number of rotatable bonds is 26. The molecule has 1 fully saturated rings. The summed E-state index contributed by atoms with van der Waals surface area (Å²) >= 11 is 0. The molecule has 0 aromatic carbocycles. The highest BCUT2D eigenvalue weighted by Crippen LogP contribution is 2.17. The summed E-state index contributed by atoms with van der Waals surface area (Å²) in [5.41, 5.74) is -0.0665. The van der Waals surface area contributed by atoms with E-state index in [1.807, 2.05) is 27.8 Å². The van der Waals surface area contributed by atoms with Crippen molar-refractivity contribution in [2.45, 2.75) is 143 Å². The van der Waals surface area contributed by atoms with E-state index >= 15 is 0 Å². The SMILES string of the molecule is CCCCCCCC/C=C\CCCCCCCC(=O)N[C@@H](CCCNC(=O)CC(C)(C)C)C(=O)NCN1CCN(CNC)CC1. The second-order valence-corrected chi connectivity index (χ2v) is 14.1. The van der Waals surface area contributed by atoms with Gasteiger partial charge in [0.1, 0.15) is 6.04 Å². The maximum atomic E-state index is 13.2. The predicted molar refractivity (Wildman–Crippen MR) is 188 cm³/mol. The Hall–Kier alpha value is -1.97. The summed E-state index contributed by atoms with van der Waals surface area (Å²) in [5, 5.41) is 12.2. The summed E-state index contributed by atoms with van der Waals surface area (Å²) in [7, 11) is 1.95. The van der Waals surface area contributed by atoms with E-state index in [0.29, 0.717) is 38.9 Å². The Morgan fingerprint density at radius 2 is 1.27 bits per heavy atom. The summed E-state index contributed by atoms with van der Waals surface area (Å²) in [6, 6.07) is -0.592. The van der Waals surface area contributed by atoms with E-state index in [-0.39, 0.29) is 23.1 Å². The van der Waals surface area contributed by atoms with Crippen molar-refractivity contribution in [3.8, 4) is 0 Å². The summed E-state index contributed by atoms with van der Waals surface area (Å²) in [6.07, 6.45) is 22.6. The van der Waals surface area contributed by atoms with Crippen LogP contribution in [0, 0.1) is 5.41 Å². The molecule has 0 unspecified atom stereocenters. The highest BCUT2D eigenvalue weighted by molar-refractivity contribution is 5.87. The lowest BCUT2D eigenvalue weighted by molar-refractivity contribution is -0.129. The molecule has 0 aromatic rings. The number of hydrogen-bond donors (Lipinski definition) is 4. The second kappa shape index (κ2) is 26.1. The number of allylic oxidation sites excluding steroid dienone is 2. The van der Waals surface area contributed by atoms with Crippen molar-refractivity contribution in [2.24, 2.45) is 5.41 Å². The van der Waals surface area contributed by atoms with Crippen LogP contribution in [-0.4, -0.2) is 86.7 Å². The van der Waals surface area contributed by atoms with Crippen LogP contribution in [0.1, 0.15) is 137 Å². The molecule has 1 aliphatic heterocycles. The van der Waals surface area contributed by atoms with Crippen molar-refractivity contribution >= 4 is 17.7 Å². The number of carbonyl (C=O) groups is 3. The number of carbonyl (C=O) groups excluding carboxylic acids is 3. The van der Waals surface area contributed by atoms with E-state index in [1.165, 1.54) is 57.8 Å². The number of hydrogen-bond acceptors (Lipinski definition) is 6. The Morgan fingerprint density at radius 3 is 1.84 bits per heavy atom. The highest BCUT2D eigenvalue weighted by atomic mass is 16.2. The number of piperazine rings is 1. The smallest absolute Gasteiger partial charge is 0.243 e. The first kappa shape index (κ1) is 41.1. The van der Waals surface area contributed by atoms with Gasteiger partial charge in [-0.1, -0.05) is 91.2 Å². The molecular weight excluding hydrogens is 564 g/mol. The van der Waals surface area contributed by atoms with Crippen molar-refractivity contribution < 1.29 is 14.4 Å². The van der Waals surface area contributed by atoms with Gasteiger partial charge in [0, 0.05) is 52.2 Å². The Labute approximate surface area is 276 Å². The first-order chi connectivity index (χ1) is 21.6. The number of nitrogens with zero attached hydrogens (tertiary/aromatic N) is 2. The van der Waals surface area contributed by atoms with Gasteiger partial charge in [0.2, 0.25) is 17.7 Å². The van der Waals surface area contributed by atoms with Crippen LogP contribution in [0.4, 0.5) is 0 Å². The lowest BCUT2D eigenvalue weighted by atomic mass is 9.92. The first-order valence-electron chi connectivity index (χ1n) is 18.2. The van der Waals surface area contributed by atoms with Gasteiger partial charge < -0.3 is 21.3 Å². The molecule has 1 rings (SSSR count). The fourth-order valence-electron chi connectivity index (χ4n) is 5.61. The van der Waals surface area contributed by atoms with Crippen LogP contribution in [0.3, 0.4) is 0 Å². The molecule has 1 saturated heterocycles. The quantitative estimate of drug-likeness (QED) is 0.0718. The van der Waals surface area contributed by atoms with Gasteiger partial charge in [-0.3, -0.25) is 24.2 Å². The third-order valence-electron chi connectivity index (χ3n) is 8.32. The molecule has 0 aliphatic carbocycles. The van der Waals surface area contributed by atoms with Gasteiger partial charge in [0.05, 0.1) is 6.67 Å². The molecule has 0 spiro atoms. The van der Waals surface area contributed by atoms with Gasteiger partial charge >= 0.3 is 0 Å². The molecule has 262 valence electrons. The summed E-state index contributed by atoms with van der Waals surface area (Å²) in [6.45, 7) is 13.9. The fraction of sp³-hybridized carbons (Fsp3) is 0.861. The van der Waals surface area contributed by atoms with Crippen molar-refractivity contribution in [3.63, 3.8) is 0 Å². The molecule has 9 heteroatoms. The minimum atomic E-state index is -0.592. The maximum absolute atomic E-state index is 13.2. The molecule has 0 saturated carbocycles. The van der Waals surface area contributed by atoms with E-state index in [9.17, 15) is 14.4 Å². The summed E-state index contributed by atoms with van der Waals surface area (Å²) in [4.78, 5) is 42.7. The van der Waals surface area contributed by atoms with Crippen LogP contribution < -0.4 is 21.3 Å². The van der Waals surface area contributed by atoms with E-state index in [4.69, 9.17) is 0 Å². The molecule has 0 aromatic heterocycles. The van der Waals surface area contributed by atoms with E-state index in [0.717, 1.165) is 58.5 Å². The molecular formula is C36H70N6O3. The second-order valence-electron chi connectivity index (χ2n) is 14.1. The normalized spacial score (nSPS) is 15.3. The van der Waals surface area contributed by atoms with Crippen molar-refractivity contribution in [1.82, 2.24) is 31.1 Å². The molecule has 3 amide bonds. The Balaban J connectivity index is 2.33. The molecule has 1 aliphatic rings. The molecule has 0 bridgehead atoms. The molecule has 4 N–H and O–H groups in total. The van der Waals surface area contributed by atoms with Gasteiger partial charge in [0.15, 0.2) is 0 Å². The topological polar surface area (TPSA) is 106 Å². The van der Waals surface area contributed by atoms with Crippen molar-refractivity contribution in [1.29, 1.82) is 0 Å². The van der Waals surface area contributed by atoms with Crippen LogP contribution >= 0.6 is 0 Å². The molecule has 1 atom stereocenters. The summed E-state index contributed by atoms with van der Waals surface area (Å²) in [5.74, 6) is -0.189. The number of unbranched alkanes of at least 4 members (excludes halogenated alkanes) is 11. The molecule has 1 heterocycles. The highest BCUT2D eigenvalue weighted by Gasteiger charge is 2.23. The van der Waals surface area contributed by atoms with Gasteiger partial charge in [-0.15, -0.1) is 0 Å². The number of amides is 3. The van der Waals surface area contributed by atoms with Crippen molar-refractivity contribution in [2.75, 3.05) is 53.1 Å². The Kier molecular flexibility index (Phi) is 23.8. The van der Waals surface area contributed by atoms with Crippen molar-refractivity contribution in [3.05, 3.63) is 12.2 Å². The minimum Gasteiger partial charge on any atom is -0.356 e. The van der Waals surface area contributed by atoms with Crippen LogP contribution in [-0.2, 0) is 14.4 Å². The Morgan fingerprint density at radius 1 is 0.711 bits per heavy atom. The van der Waals surface area contributed by atoms with Gasteiger partial charge in [-0.05, 0) is 57.4 Å². The van der Waals surface area contributed by atoms with Gasteiger partial charge in [0.25, 0.3) is 0 Å². The maximum Gasteiger partial charge on any atom is 0.243 e. The van der Waals surface area contributed by atoms with E-state index in [1.54, 1.807) is 0 Å². The van der Waals surface area contributed by atoms with Crippen LogP contribution in [0.5, 0.6) is 0 Å². The van der Waals surface area contributed by atoms with Crippen LogP contribution in [0.15, 0.2) is 12.2 Å². The average Bonchev–Trinajstić information content (AvgIpc) is 2.99. The Bertz CT molecular complexity index is 805. The summed E-state index contributed by atoms with van der Waals surface area (Å²) < 4.78 is 0. The van der Waals surface area contributed by atoms with Gasteiger partial charge in [-0.2, -0.15) is 0 Å². The van der Waals surface area contributed by atoms with Crippen LogP contribution in [0.25, 0.3) is 0 Å². The lowest BCUT2D eigenvalue weighted by Gasteiger charge is -2.34.